The van der Waals surface area contributed by atoms with Crippen LogP contribution in [-0.2, 0) is 0 Å². The van der Waals surface area contributed by atoms with Gasteiger partial charge < -0.3 is 10.2 Å². The third-order valence-corrected chi connectivity index (χ3v) is 3.19. The van der Waals surface area contributed by atoms with Gasteiger partial charge in [-0.2, -0.15) is 0 Å². The highest BCUT2D eigenvalue weighted by Crippen LogP contribution is 2.25. The summed E-state index contributed by atoms with van der Waals surface area (Å²) in [4.78, 5) is 2.71. The molecule has 2 aliphatic rings. The van der Waals surface area contributed by atoms with E-state index in [9.17, 15) is 0 Å². The summed E-state index contributed by atoms with van der Waals surface area (Å²) in [6.45, 7) is 5.11. The molecule has 0 spiro atoms. The Morgan fingerprint density at radius 3 is 2.08 bits per heavy atom. The average Bonchev–Trinajstić information content (AvgIpc) is 1.90. The number of rotatable bonds is 1. The maximum Gasteiger partial charge on any atom is 0.00952 e. The first-order valence-corrected chi connectivity index (χ1v) is 5.41. The summed E-state index contributed by atoms with van der Waals surface area (Å²) in [6.07, 6.45) is 7.09. The summed E-state index contributed by atoms with van der Waals surface area (Å²) in [6, 6.07) is 0.961. The second-order valence-electron chi connectivity index (χ2n) is 4.08. The van der Waals surface area contributed by atoms with Crippen molar-refractivity contribution in [1.82, 2.24) is 10.2 Å². The van der Waals surface area contributed by atoms with E-state index in [2.05, 4.69) is 10.2 Å². The van der Waals surface area contributed by atoms with Crippen LogP contribution in [0.15, 0.2) is 0 Å². The van der Waals surface area contributed by atoms with Gasteiger partial charge in [-0.25, -0.2) is 0 Å². The summed E-state index contributed by atoms with van der Waals surface area (Å²) in [5.41, 5.74) is 0. The van der Waals surface area contributed by atoms with Crippen LogP contribution in [0.1, 0.15) is 32.1 Å². The Balaban J connectivity index is 1.77. The third kappa shape index (κ3) is 1.99. The molecule has 0 unspecified atom stereocenters. The molecule has 12 heavy (non-hydrogen) atoms. The van der Waals surface area contributed by atoms with E-state index in [0.717, 1.165) is 6.04 Å². The molecule has 0 aromatic rings. The van der Waals surface area contributed by atoms with Gasteiger partial charge in [0.1, 0.15) is 0 Å². The van der Waals surface area contributed by atoms with Gasteiger partial charge in [-0.05, 0) is 51.9 Å². The Kier molecular flexibility index (Phi) is 3.01. The molecule has 2 heteroatoms. The van der Waals surface area contributed by atoms with Crippen LogP contribution in [0.3, 0.4) is 0 Å². The fourth-order valence-corrected chi connectivity index (χ4v) is 2.17. The Morgan fingerprint density at radius 2 is 1.58 bits per heavy atom. The molecule has 1 aliphatic carbocycles. The molecular weight excluding hydrogens is 148 g/mol. The van der Waals surface area contributed by atoms with Crippen LogP contribution in [0.5, 0.6) is 0 Å². The lowest BCUT2D eigenvalue weighted by atomic mass is 9.91. The fraction of sp³-hybridized carbons (Fsp3) is 1.00. The van der Waals surface area contributed by atoms with Crippen molar-refractivity contribution < 1.29 is 0 Å². The van der Waals surface area contributed by atoms with Crippen molar-refractivity contribution in [2.75, 3.05) is 26.2 Å². The molecule has 0 amide bonds. The number of nitrogens with zero attached hydrogens (tertiary/aromatic N) is 1. The third-order valence-electron chi connectivity index (χ3n) is 3.19. The van der Waals surface area contributed by atoms with Crippen LogP contribution < -0.4 is 5.32 Å². The predicted molar refractivity (Wildman–Crippen MR) is 51.3 cm³/mol. The van der Waals surface area contributed by atoms with Crippen LogP contribution in [0, 0.1) is 0 Å². The van der Waals surface area contributed by atoms with Crippen molar-refractivity contribution in [2.45, 2.75) is 38.1 Å². The Morgan fingerprint density at radius 1 is 0.917 bits per heavy atom. The second kappa shape index (κ2) is 4.24. The van der Waals surface area contributed by atoms with Gasteiger partial charge in [0, 0.05) is 6.04 Å². The molecule has 2 rings (SSSR count). The highest BCUT2D eigenvalue weighted by Gasteiger charge is 2.24. The standard InChI is InChI=1S/C10H20N2/c1-4-10(5-1)12-8-2-6-11-7-3-9-12/h10-11H,1-9H2. The van der Waals surface area contributed by atoms with Crippen molar-refractivity contribution in [2.24, 2.45) is 0 Å². The molecule has 1 aliphatic heterocycles. The fourth-order valence-electron chi connectivity index (χ4n) is 2.17. The quantitative estimate of drug-likeness (QED) is 0.633. The van der Waals surface area contributed by atoms with Gasteiger partial charge in [-0.1, -0.05) is 6.42 Å². The van der Waals surface area contributed by atoms with E-state index < -0.39 is 0 Å². The predicted octanol–water partition coefficient (Wildman–Crippen LogP) is 1.22. The molecule has 2 fully saturated rings. The van der Waals surface area contributed by atoms with Crippen LogP contribution in [0.2, 0.25) is 0 Å². The zero-order chi connectivity index (χ0) is 8.23. The van der Waals surface area contributed by atoms with E-state index in [1.165, 1.54) is 58.3 Å². The van der Waals surface area contributed by atoms with Crippen LogP contribution in [-0.4, -0.2) is 37.1 Å². The van der Waals surface area contributed by atoms with Crippen molar-refractivity contribution in [3.05, 3.63) is 0 Å². The lowest BCUT2D eigenvalue weighted by molar-refractivity contribution is 0.119. The van der Waals surface area contributed by atoms with E-state index in [1.54, 1.807) is 0 Å². The highest BCUT2D eigenvalue weighted by molar-refractivity contribution is 4.80. The molecule has 0 aromatic heterocycles. The zero-order valence-electron chi connectivity index (χ0n) is 7.89. The first kappa shape index (κ1) is 8.52. The van der Waals surface area contributed by atoms with Crippen molar-refractivity contribution in [3.63, 3.8) is 0 Å². The number of nitrogens with one attached hydrogen (secondary N) is 1. The van der Waals surface area contributed by atoms with Gasteiger partial charge in [-0.3, -0.25) is 0 Å². The van der Waals surface area contributed by atoms with Gasteiger partial charge in [0.05, 0.1) is 0 Å². The number of hydrogen-bond donors (Lipinski definition) is 1. The van der Waals surface area contributed by atoms with Gasteiger partial charge in [0.15, 0.2) is 0 Å². The molecule has 1 saturated heterocycles. The molecule has 1 heterocycles. The van der Waals surface area contributed by atoms with E-state index >= 15 is 0 Å². The summed E-state index contributed by atoms with van der Waals surface area (Å²) < 4.78 is 0. The van der Waals surface area contributed by atoms with E-state index in [0.29, 0.717) is 0 Å². The van der Waals surface area contributed by atoms with Crippen LogP contribution in [0.25, 0.3) is 0 Å². The van der Waals surface area contributed by atoms with Gasteiger partial charge >= 0.3 is 0 Å². The largest absolute Gasteiger partial charge is 0.317 e. The van der Waals surface area contributed by atoms with Crippen molar-refractivity contribution in [3.8, 4) is 0 Å². The SMILES string of the molecule is C1CC(N2CCCNCCC2)C1. The minimum Gasteiger partial charge on any atom is -0.317 e. The molecular formula is C10H20N2. The van der Waals surface area contributed by atoms with Gasteiger partial charge in [-0.15, -0.1) is 0 Å². The molecule has 0 atom stereocenters. The lowest BCUT2D eigenvalue weighted by Gasteiger charge is -2.38. The van der Waals surface area contributed by atoms with Crippen molar-refractivity contribution >= 4 is 0 Å². The van der Waals surface area contributed by atoms with Gasteiger partial charge in [0.25, 0.3) is 0 Å². The molecule has 2 nitrogen and oxygen atoms in total. The molecule has 1 saturated carbocycles. The van der Waals surface area contributed by atoms with E-state index in [-0.39, 0.29) is 0 Å². The minimum absolute atomic E-state index is 0.961. The Hall–Kier alpha value is -0.0800. The first-order chi connectivity index (χ1) is 5.97. The summed E-state index contributed by atoms with van der Waals surface area (Å²) in [5.74, 6) is 0. The maximum atomic E-state index is 3.46. The Bertz CT molecular complexity index is 124. The molecule has 0 radical (unpaired) electrons. The molecule has 1 N–H and O–H groups in total. The summed E-state index contributed by atoms with van der Waals surface area (Å²) in [5, 5.41) is 3.46. The van der Waals surface area contributed by atoms with Crippen molar-refractivity contribution in [1.29, 1.82) is 0 Å². The molecule has 0 bridgehead atoms. The number of hydrogen-bond acceptors (Lipinski definition) is 2. The van der Waals surface area contributed by atoms with Crippen LogP contribution >= 0.6 is 0 Å². The smallest absolute Gasteiger partial charge is 0.00952 e. The average molecular weight is 168 g/mol. The van der Waals surface area contributed by atoms with E-state index in [4.69, 9.17) is 0 Å². The monoisotopic (exact) mass is 168 g/mol. The van der Waals surface area contributed by atoms with Crippen LogP contribution in [0.4, 0.5) is 0 Å². The Labute approximate surface area is 75.3 Å². The second-order valence-corrected chi connectivity index (χ2v) is 4.08. The van der Waals surface area contributed by atoms with Gasteiger partial charge in [0.2, 0.25) is 0 Å². The highest BCUT2D eigenvalue weighted by atomic mass is 15.2. The lowest BCUT2D eigenvalue weighted by Crippen LogP contribution is -2.44. The molecule has 0 aromatic carbocycles. The summed E-state index contributed by atoms with van der Waals surface area (Å²) in [7, 11) is 0. The summed E-state index contributed by atoms with van der Waals surface area (Å²) >= 11 is 0. The zero-order valence-corrected chi connectivity index (χ0v) is 7.89. The molecule has 70 valence electrons. The minimum atomic E-state index is 0.961. The first-order valence-electron chi connectivity index (χ1n) is 5.41. The van der Waals surface area contributed by atoms with E-state index in [1.807, 2.05) is 0 Å². The normalized spacial score (nSPS) is 29.0. The topological polar surface area (TPSA) is 15.3 Å². The maximum absolute atomic E-state index is 3.46.